The van der Waals surface area contributed by atoms with E-state index in [1.165, 1.54) is 0 Å². The molecule has 1 aliphatic rings. The molecule has 1 N–H and O–H groups in total. The Hall–Kier alpha value is -1.91. The monoisotopic (exact) mass is 203 g/mol. The second-order valence-electron chi connectivity index (χ2n) is 3.78. The highest BCUT2D eigenvalue weighted by Gasteiger charge is 2.45. The summed E-state index contributed by atoms with van der Waals surface area (Å²) >= 11 is 0. The van der Waals surface area contributed by atoms with Crippen LogP contribution in [-0.4, -0.2) is 25.7 Å². The zero-order valence-corrected chi connectivity index (χ0v) is 7.87. The lowest BCUT2D eigenvalue weighted by Crippen LogP contribution is -1.99. The summed E-state index contributed by atoms with van der Waals surface area (Å²) in [7, 11) is 0. The molecule has 5 nitrogen and oxygen atoms in total. The molecule has 2 atom stereocenters. The topological polar surface area (TPSA) is 67.5 Å². The van der Waals surface area contributed by atoms with Crippen LogP contribution in [0.15, 0.2) is 24.5 Å². The summed E-state index contributed by atoms with van der Waals surface area (Å²) in [6, 6.07) is 3.65. The lowest BCUT2D eigenvalue weighted by atomic mass is 10.2. The van der Waals surface area contributed by atoms with E-state index in [9.17, 15) is 4.79 Å². The van der Waals surface area contributed by atoms with E-state index in [0.29, 0.717) is 6.42 Å². The number of carbonyl (C=O) groups is 1. The van der Waals surface area contributed by atoms with E-state index in [0.717, 1.165) is 11.3 Å². The van der Waals surface area contributed by atoms with Crippen molar-refractivity contribution in [3.8, 4) is 0 Å². The van der Waals surface area contributed by atoms with Crippen LogP contribution in [0.2, 0.25) is 0 Å². The first-order valence-electron chi connectivity index (χ1n) is 4.79. The van der Waals surface area contributed by atoms with Gasteiger partial charge in [-0.1, -0.05) is 0 Å². The Morgan fingerprint density at radius 1 is 1.60 bits per heavy atom. The highest BCUT2D eigenvalue weighted by molar-refractivity contribution is 5.75. The van der Waals surface area contributed by atoms with Gasteiger partial charge in [-0.15, -0.1) is 0 Å². The van der Waals surface area contributed by atoms with Gasteiger partial charge in [0.15, 0.2) is 5.65 Å². The van der Waals surface area contributed by atoms with Gasteiger partial charge >= 0.3 is 5.97 Å². The second kappa shape index (κ2) is 2.79. The van der Waals surface area contributed by atoms with Crippen molar-refractivity contribution < 1.29 is 9.90 Å². The molecule has 5 heteroatoms. The molecular formula is C10H9N3O2. The van der Waals surface area contributed by atoms with Crippen LogP contribution in [0.4, 0.5) is 0 Å². The Morgan fingerprint density at radius 3 is 3.13 bits per heavy atom. The van der Waals surface area contributed by atoms with E-state index < -0.39 is 5.97 Å². The van der Waals surface area contributed by atoms with E-state index in [-0.39, 0.29) is 11.8 Å². The lowest BCUT2D eigenvalue weighted by molar-refractivity contribution is -0.138. The molecule has 0 saturated heterocycles. The third-order valence-electron chi connectivity index (χ3n) is 2.74. The molecule has 0 spiro atoms. The number of aliphatic carboxylic acids is 1. The van der Waals surface area contributed by atoms with Gasteiger partial charge in [0.05, 0.1) is 11.6 Å². The second-order valence-corrected chi connectivity index (χ2v) is 3.78. The number of carboxylic acid groups (broad SMARTS) is 1. The van der Waals surface area contributed by atoms with Crippen molar-refractivity contribution in [3.63, 3.8) is 0 Å². The summed E-state index contributed by atoms with van der Waals surface area (Å²) in [6.07, 6.45) is 4.20. The SMILES string of the molecule is O=C(O)[C@@H]1C[C@H]1c1cc2ncccn2n1. The molecule has 1 aliphatic carbocycles. The van der Waals surface area contributed by atoms with Gasteiger partial charge < -0.3 is 5.11 Å². The van der Waals surface area contributed by atoms with Crippen LogP contribution in [0.1, 0.15) is 18.0 Å². The van der Waals surface area contributed by atoms with Crippen molar-refractivity contribution in [3.05, 3.63) is 30.2 Å². The number of fused-ring (bicyclic) bond motifs is 1. The van der Waals surface area contributed by atoms with Crippen LogP contribution in [0, 0.1) is 5.92 Å². The first-order chi connectivity index (χ1) is 7.25. The van der Waals surface area contributed by atoms with Gasteiger partial charge in [-0.25, -0.2) is 9.50 Å². The number of aromatic nitrogens is 3. The molecule has 0 amide bonds. The van der Waals surface area contributed by atoms with Gasteiger partial charge in [0.1, 0.15) is 0 Å². The smallest absolute Gasteiger partial charge is 0.307 e. The van der Waals surface area contributed by atoms with Gasteiger partial charge in [0.25, 0.3) is 0 Å². The minimum atomic E-state index is -0.731. The van der Waals surface area contributed by atoms with Crippen LogP contribution in [-0.2, 0) is 4.79 Å². The van der Waals surface area contributed by atoms with Crippen LogP contribution in [0.3, 0.4) is 0 Å². The number of hydrogen-bond acceptors (Lipinski definition) is 3. The summed E-state index contributed by atoms with van der Waals surface area (Å²) < 4.78 is 1.67. The van der Waals surface area contributed by atoms with Crippen molar-refractivity contribution in [2.45, 2.75) is 12.3 Å². The summed E-state index contributed by atoms with van der Waals surface area (Å²) in [5, 5.41) is 13.1. The molecule has 0 unspecified atom stereocenters. The van der Waals surface area contributed by atoms with Crippen molar-refractivity contribution in [2.24, 2.45) is 5.92 Å². The zero-order valence-electron chi connectivity index (χ0n) is 7.87. The molecule has 3 rings (SSSR count). The van der Waals surface area contributed by atoms with Gasteiger partial charge in [-0.2, -0.15) is 5.10 Å². The van der Waals surface area contributed by atoms with E-state index in [1.807, 2.05) is 12.3 Å². The first-order valence-corrected chi connectivity index (χ1v) is 4.79. The lowest BCUT2D eigenvalue weighted by Gasteiger charge is -1.89. The van der Waals surface area contributed by atoms with E-state index in [1.54, 1.807) is 16.8 Å². The number of rotatable bonds is 2. The van der Waals surface area contributed by atoms with Gasteiger partial charge in [0.2, 0.25) is 0 Å². The fourth-order valence-corrected chi connectivity index (χ4v) is 1.82. The largest absolute Gasteiger partial charge is 0.481 e. The molecular weight excluding hydrogens is 194 g/mol. The van der Waals surface area contributed by atoms with Crippen molar-refractivity contribution in [1.82, 2.24) is 14.6 Å². The Bertz CT molecular complexity index is 501. The predicted octanol–water partition coefficient (Wildman–Crippen LogP) is 0.917. The van der Waals surface area contributed by atoms with E-state index in [4.69, 9.17) is 5.11 Å². The zero-order chi connectivity index (χ0) is 10.4. The molecule has 0 aromatic carbocycles. The fourth-order valence-electron chi connectivity index (χ4n) is 1.82. The summed E-state index contributed by atoms with van der Waals surface area (Å²) in [5.41, 5.74) is 1.60. The van der Waals surface area contributed by atoms with Crippen LogP contribution >= 0.6 is 0 Å². The summed E-state index contributed by atoms with van der Waals surface area (Å²) in [6.45, 7) is 0. The molecule has 76 valence electrons. The average molecular weight is 203 g/mol. The van der Waals surface area contributed by atoms with Gasteiger partial charge in [-0.3, -0.25) is 4.79 Å². The molecule has 1 fully saturated rings. The van der Waals surface area contributed by atoms with Gasteiger partial charge in [-0.05, 0) is 12.5 Å². The minimum Gasteiger partial charge on any atom is -0.481 e. The van der Waals surface area contributed by atoms with Crippen molar-refractivity contribution in [1.29, 1.82) is 0 Å². The number of carboxylic acids is 1. The van der Waals surface area contributed by atoms with Crippen LogP contribution < -0.4 is 0 Å². The third kappa shape index (κ3) is 1.27. The molecule has 1 saturated carbocycles. The fraction of sp³-hybridized carbons (Fsp3) is 0.300. The highest BCUT2D eigenvalue weighted by Crippen LogP contribution is 2.46. The average Bonchev–Trinajstić information content (AvgIpc) is 2.91. The maximum atomic E-state index is 10.7. The molecule has 15 heavy (non-hydrogen) atoms. The van der Waals surface area contributed by atoms with Gasteiger partial charge in [0, 0.05) is 24.4 Å². The Labute approximate surface area is 85.4 Å². The Morgan fingerprint density at radius 2 is 2.47 bits per heavy atom. The van der Waals surface area contributed by atoms with Crippen LogP contribution in [0.25, 0.3) is 5.65 Å². The van der Waals surface area contributed by atoms with E-state index >= 15 is 0 Å². The standard InChI is InChI=1S/C10H9N3O2/c14-10(15)7-4-6(7)8-5-9-11-2-1-3-13(9)12-8/h1-3,5-7H,4H2,(H,14,15)/t6-,7-/m1/s1. The predicted molar refractivity (Wildman–Crippen MR) is 51.5 cm³/mol. The first kappa shape index (κ1) is 8.40. The van der Waals surface area contributed by atoms with Crippen molar-refractivity contribution >= 4 is 11.6 Å². The number of hydrogen-bond donors (Lipinski definition) is 1. The molecule has 0 bridgehead atoms. The summed E-state index contributed by atoms with van der Waals surface area (Å²) in [5.74, 6) is -0.913. The maximum Gasteiger partial charge on any atom is 0.307 e. The normalized spacial score (nSPS) is 24.3. The molecule has 2 heterocycles. The Kier molecular flexibility index (Phi) is 1.56. The van der Waals surface area contributed by atoms with Crippen LogP contribution in [0.5, 0.6) is 0 Å². The third-order valence-corrected chi connectivity index (χ3v) is 2.74. The maximum absolute atomic E-state index is 10.7. The number of nitrogens with zero attached hydrogens (tertiary/aromatic N) is 3. The van der Waals surface area contributed by atoms with E-state index in [2.05, 4.69) is 10.1 Å². The Balaban J connectivity index is 1.97. The van der Waals surface area contributed by atoms with Crippen molar-refractivity contribution in [2.75, 3.05) is 0 Å². The molecule has 0 aliphatic heterocycles. The quantitative estimate of drug-likeness (QED) is 0.788. The molecule has 2 aromatic rings. The highest BCUT2D eigenvalue weighted by atomic mass is 16.4. The molecule has 0 radical (unpaired) electrons. The molecule has 2 aromatic heterocycles. The summed E-state index contributed by atoms with van der Waals surface area (Å²) in [4.78, 5) is 14.8. The minimum absolute atomic E-state index is 0.0733.